The largest absolute Gasteiger partial charge is 0.342 e. The van der Waals surface area contributed by atoms with Crippen LogP contribution < -0.4 is 5.32 Å². The Balaban J connectivity index is 4.08. The van der Waals surface area contributed by atoms with Gasteiger partial charge in [0.1, 0.15) is 0 Å². The average molecular weight is 214 g/mol. The molecule has 1 amide bonds. The fourth-order valence-electron chi connectivity index (χ4n) is 1.62. The number of likely N-dealkylation sites (N-methyl/N-ethyl adjacent to an activating group) is 1. The summed E-state index contributed by atoms with van der Waals surface area (Å²) in [7, 11) is 0. The molecule has 0 radical (unpaired) electrons. The van der Waals surface area contributed by atoms with Crippen molar-refractivity contribution >= 4 is 5.91 Å². The van der Waals surface area contributed by atoms with Crippen molar-refractivity contribution < 1.29 is 4.79 Å². The van der Waals surface area contributed by atoms with Gasteiger partial charge in [0.25, 0.3) is 0 Å². The van der Waals surface area contributed by atoms with Crippen LogP contribution in [-0.2, 0) is 4.79 Å². The highest BCUT2D eigenvalue weighted by atomic mass is 16.2. The van der Waals surface area contributed by atoms with Gasteiger partial charge in [-0.2, -0.15) is 0 Å². The molecule has 0 saturated carbocycles. The first-order valence-corrected chi connectivity index (χ1v) is 6.23. The van der Waals surface area contributed by atoms with E-state index in [0.717, 1.165) is 32.5 Å². The molecule has 3 heteroatoms. The van der Waals surface area contributed by atoms with Crippen LogP contribution in [0.15, 0.2) is 0 Å². The van der Waals surface area contributed by atoms with Gasteiger partial charge in [-0.25, -0.2) is 0 Å². The zero-order valence-corrected chi connectivity index (χ0v) is 10.7. The fourth-order valence-corrected chi connectivity index (χ4v) is 1.62. The first-order valence-electron chi connectivity index (χ1n) is 6.23. The lowest BCUT2D eigenvalue weighted by atomic mass is 10.2. The Morgan fingerprint density at radius 3 is 2.20 bits per heavy atom. The number of carbonyl (C=O) groups excluding carboxylic acids is 1. The van der Waals surface area contributed by atoms with Crippen LogP contribution in [0, 0.1) is 0 Å². The molecule has 90 valence electrons. The van der Waals surface area contributed by atoms with Crippen molar-refractivity contribution in [2.75, 3.05) is 19.6 Å². The van der Waals surface area contributed by atoms with Crippen LogP contribution in [0.2, 0.25) is 0 Å². The molecule has 0 bridgehead atoms. The molecule has 1 atom stereocenters. The topological polar surface area (TPSA) is 32.3 Å². The molecule has 0 rings (SSSR count). The van der Waals surface area contributed by atoms with Crippen LogP contribution in [0.4, 0.5) is 0 Å². The third-order valence-electron chi connectivity index (χ3n) is 2.70. The van der Waals surface area contributed by atoms with Gasteiger partial charge in [-0.05, 0) is 33.2 Å². The maximum Gasteiger partial charge on any atom is 0.239 e. The number of hydrogen-bond donors (Lipinski definition) is 1. The molecular formula is C12H26N2O. The minimum atomic E-state index is 0.0106. The van der Waals surface area contributed by atoms with Crippen LogP contribution in [0.3, 0.4) is 0 Å². The normalized spacial score (nSPS) is 12.5. The van der Waals surface area contributed by atoms with E-state index in [-0.39, 0.29) is 11.9 Å². The van der Waals surface area contributed by atoms with E-state index in [1.807, 2.05) is 18.7 Å². The molecule has 0 fully saturated rings. The van der Waals surface area contributed by atoms with Crippen LogP contribution >= 0.6 is 0 Å². The van der Waals surface area contributed by atoms with Gasteiger partial charge in [0.2, 0.25) is 5.91 Å². The number of hydrogen-bond acceptors (Lipinski definition) is 2. The van der Waals surface area contributed by atoms with E-state index in [0.29, 0.717) is 0 Å². The molecule has 0 saturated heterocycles. The molecule has 1 unspecified atom stereocenters. The van der Waals surface area contributed by atoms with Crippen molar-refractivity contribution in [3.8, 4) is 0 Å². The summed E-state index contributed by atoms with van der Waals surface area (Å²) in [5, 5.41) is 3.33. The number of amides is 1. The Hall–Kier alpha value is -0.570. The van der Waals surface area contributed by atoms with E-state index in [1.54, 1.807) is 0 Å². The van der Waals surface area contributed by atoms with Crippen LogP contribution in [-0.4, -0.2) is 36.5 Å². The first kappa shape index (κ1) is 14.4. The van der Waals surface area contributed by atoms with Gasteiger partial charge in [-0.3, -0.25) is 4.79 Å². The Bertz CT molecular complexity index is 167. The summed E-state index contributed by atoms with van der Waals surface area (Å²) in [6.07, 6.45) is 3.18. The number of carbonyl (C=O) groups is 1. The standard InChI is InChI=1S/C12H26N2O/c1-5-9-10-13-11(6-2)12(15)14(7-3)8-4/h11,13H,5-10H2,1-4H3. The summed E-state index contributed by atoms with van der Waals surface area (Å²) in [4.78, 5) is 13.9. The molecule has 0 aliphatic carbocycles. The molecule has 0 aromatic carbocycles. The highest BCUT2D eigenvalue weighted by molar-refractivity contribution is 5.81. The lowest BCUT2D eigenvalue weighted by Gasteiger charge is -2.25. The summed E-state index contributed by atoms with van der Waals surface area (Å²) in [6, 6.07) is 0.0106. The second-order valence-electron chi connectivity index (χ2n) is 3.78. The Morgan fingerprint density at radius 1 is 1.20 bits per heavy atom. The van der Waals surface area contributed by atoms with Crippen molar-refractivity contribution in [3.63, 3.8) is 0 Å². The number of nitrogens with zero attached hydrogens (tertiary/aromatic N) is 1. The van der Waals surface area contributed by atoms with Gasteiger partial charge >= 0.3 is 0 Å². The van der Waals surface area contributed by atoms with Crippen molar-refractivity contribution in [2.45, 2.75) is 53.0 Å². The molecule has 0 aliphatic rings. The van der Waals surface area contributed by atoms with E-state index in [2.05, 4.69) is 19.2 Å². The molecule has 0 aromatic rings. The van der Waals surface area contributed by atoms with Gasteiger partial charge < -0.3 is 10.2 Å². The van der Waals surface area contributed by atoms with Gasteiger partial charge in [-0.15, -0.1) is 0 Å². The lowest BCUT2D eigenvalue weighted by Crippen LogP contribution is -2.46. The molecule has 0 aliphatic heterocycles. The molecule has 3 nitrogen and oxygen atoms in total. The number of nitrogens with one attached hydrogen (secondary N) is 1. The maximum absolute atomic E-state index is 12.0. The second kappa shape index (κ2) is 8.72. The Morgan fingerprint density at radius 2 is 1.80 bits per heavy atom. The first-order chi connectivity index (χ1) is 7.21. The van der Waals surface area contributed by atoms with Crippen LogP contribution in [0.1, 0.15) is 47.0 Å². The van der Waals surface area contributed by atoms with Crippen molar-refractivity contribution in [1.29, 1.82) is 0 Å². The van der Waals surface area contributed by atoms with Crippen molar-refractivity contribution in [3.05, 3.63) is 0 Å². The van der Waals surface area contributed by atoms with E-state index in [4.69, 9.17) is 0 Å². The lowest BCUT2D eigenvalue weighted by molar-refractivity contribution is -0.133. The monoisotopic (exact) mass is 214 g/mol. The Kier molecular flexibility index (Phi) is 8.38. The molecule has 0 spiro atoms. The van der Waals surface area contributed by atoms with E-state index < -0.39 is 0 Å². The molecule has 1 N–H and O–H groups in total. The molecule has 0 heterocycles. The van der Waals surface area contributed by atoms with Gasteiger partial charge in [0, 0.05) is 13.1 Å². The fraction of sp³-hybridized carbons (Fsp3) is 0.917. The summed E-state index contributed by atoms with van der Waals surface area (Å²) >= 11 is 0. The number of rotatable bonds is 8. The maximum atomic E-state index is 12.0. The summed E-state index contributed by atoms with van der Waals surface area (Å²) < 4.78 is 0. The average Bonchev–Trinajstić information content (AvgIpc) is 2.26. The zero-order valence-electron chi connectivity index (χ0n) is 10.7. The van der Waals surface area contributed by atoms with Gasteiger partial charge in [0.05, 0.1) is 6.04 Å². The second-order valence-corrected chi connectivity index (χ2v) is 3.78. The Labute approximate surface area is 94.2 Å². The van der Waals surface area contributed by atoms with E-state index in [9.17, 15) is 4.79 Å². The molecule has 0 aromatic heterocycles. The number of unbranched alkanes of at least 4 members (excludes halogenated alkanes) is 1. The van der Waals surface area contributed by atoms with E-state index >= 15 is 0 Å². The smallest absolute Gasteiger partial charge is 0.239 e. The molecule has 15 heavy (non-hydrogen) atoms. The van der Waals surface area contributed by atoms with Crippen molar-refractivity contribution in [1.82, 2.24) is 10.2 Å². The highest BCUT2D eigenvalue weighted by Gasteiger charge is 2.19. The third kappa shape index (κ3) is 5.17. The quantitative estimate of drug-likeness (QED) is 0.627. The van der Waals surface area contributed by atoms with Gasteiger partial charge in [-0.1, -0.05) is 20.3 Å². The zero-order chi connectivity index (χ0) is 11.7. The SMILES string of the molecule is CCCCNC(CC)C(=O)N(CC)CC. The van der Waals surface area contributed by atoms with Crippen molar-refractivity contribution in [2.24, 2.45) is 0 Å². The minimum absolute atomic E-state index is 0.0106. The minimum Gasteiger partial charge on any atom is -0.342 e. The third-order valence-corrected chi connectivity index (χ3v) is 2.70. The predicted molar refractivity (Wildman–Crippen MR) is 64.9 cm³/mol. The van der Waals surface area contributed by atoms with Crippen LogP contribution in [0.5, 0.6) is 0 Å². The molecular weight excluding hydrogens is 188 g/mol. The van der Waals surface area contributed by atoms with E-state index in [1.165, 1.54) is 6.42 Å². The van der Waals surface area contributed by atoms with Crippen LogP contribution in [0.25, 0.3) is 0 Å². The summed E-state index contributed by atoms with van der Waals surface area (Å²) in [5.41, 5.74) is 0. The predicted octanol–water partition coefficient (Wildman–Crippen LogP) is 2.02. The summed E-state index contributed by atoms with van der Waals surface area (Å²) in [6.45, 7) is 10.8. The summed E-state index contributed by atoms with van der Waals surface area (Å²) in [5.74, 6) is 0.249. The highest BCUT2D eigenvalue weighted by Crippen LogP contribution is 2.00. The van der Waals surface area contributed by atoms with Gasteiger partial charge in [0.15, 0.2) is 0 Å².